The monoisotopic (exact) mass is 275 g/mol. The second-order valence-electron chi connectivity index (χ2n) is 6.07. The summed E-state index contributed by atoms with van der Waals surface area (Å²) in [5.41, 5.74) is 1.35. The Morgan fingerprint density at radius 3 is 2.95 bits per heavy atom. The van der Waals surface area contributed by atoms with Crippen molar-refractivity contribution in [2.24, 2.45) is 5.92 Å². The van der Waals surface area contributed by atoms with Crippen molar-refractivity contribution in [1.29, 1.82) is 0 Å². The molecule has 3 unspecified atom stereocenters. The predicted octanol–water partition coefficient (Wildman–Crippen LogP) is 2.72. The summed E-state index contributed by atoms with van der Waals surface area (Å²) in [4.78, 5) is 6.89. The van der Waals surface area contributed by atoms with Crippen LogP contribution < -0.4 is 5.32 Å². The van der Waals surface area contributed by atoms with Crippen molar-refractivity contribution in [1.82, 2.24) is 15.2 Å². The van der Waals surface area contributed by atoms with Crippen LogP contribution in [0.2, 0.25) is 0 Å². The smallest absolute Gasteiger partial charge is 0.0300 e. The summed E-state index contributed by atoms with van der Waals surface area (Å²) in [6.07, 6.45) is 7.44. The average Bonchev–Trinajstić information content (AvgIpc) is 2.52. The van der Waals surface area contributed by atoms with E-state index in [2.05, 4.69) is 42.0 Å². The van der Waals surface area contributed by atoms with E-state index in [-0.39, 0.29) is 0 Å². The van der Waals surface area contributed by atoms with Crippen LogP contribution in [0.15, 0.2) is 24.5 Å². The van der Waals surface area contributed by atoms with Crippen LogP contribution in [0.25, 0.3) is 0 Å². The fraction of sp³-hybridized carbons (Fsp3) is 0.706. The summed E-state index contributed by atoms with van der Waals surface area (Å²) >= 11 is 0. The van der Waals surface area contributed by atoms with E-state index in [0.29, 0.717) is 12.1 Å². The molecule has 3 atom stereocenters. The molecule has 2 rings (SSSR count). The van der Waals surface area contributed by atoms with Crippen molar-refractivity contribution < 1.29 is 0 Å². The molecule has 112 valence electrons. The van der Waals surface area contributed by atoms with E-state index in [1.165, 1.54) is 24.9 Å². The van der Waals surface area contributed by atoms with Gasteiger partial charge in [-0.2, -0.15) is 0 Å². The van der Waals surface area contributed by atoms with E-state index in [0.717, 1.165) is 25.4 Å². The Morgan fingerprint density at radius 2 is 2.30 bits per heavy atom. The number of pyridine rings is 1. The fourth-order valence-electron chi connectivity index (χ4n) is 3.04. The number of rotatable bonds is 6. The Labute approximate surface area is 123 Å². The van der Waals surface area contributed by atoms with Crippen molar-refractivity contribution in [2.75, 3.05) is 19.6 Å². The maximum absolute atomic E-state index is 4.21. The zero-order chi connectivity index (χ0) is 14.4. The van der Waals surface area contributed by atoms with Crippen molar-refractivity contribution in [2.45, 2.75) is 52.1 Å². The first-order valence-corrected chi connectivity index (χ1v) is 8.10. The van der Waals surface area contributed by atoms with Gasteiger partial charge in [-0.15, -0.1) is 0 Å². The number of hydrogen-bond acceptors (Lipinski definition) is 3. The van der Waals surface area contributed by atoms with E-state index in [4.69, 9.17) is 0 Å². The highest BCUT2D eigenvalue weighted by Gasteiger charge is 2.28. The van der Waals surface area contributed by atoms with Crippen LogP contribution in [0.1, 0.15) is 39.2 Å². The molecule has 2 heterocycles. The van der Waals surface area contributed by atoms with Gasteiger partial charge in [0.25, 0.3) is 0 Å². The third-order valence-electron chi connectivity index (χ3n) is 4.78. The molecule has 0 saturated carbocycles. The topological polar surface area (TPSA) is 28.2 Å². The first-order chi connectivity index (χ1) is 9.74. The van der Waals surface area contributed by atoms with Crippen molar-refractivity contribution in [3.05, 3.63) is 30.1 Å². The number of nitrogens with one attached hydrogen (secondary N) is 1. The second kappa shape index (κ2) is 7.75. The van der Waals surface area contributed by atoms with Crippen LogP contribution in [0.5, 0.6) is 0 Å². The van der Waals surface area contributed by atoms with Gasteiger partial charge in [-0.05, 0) is 30.4 Å². The lowest BCUT2D eigenvalue weighted by molar-refractivity contribution is 0.107. The number of aromatic nitrogens is 1. The molecular weight excluding hydrogens is 246 g/mol. The quantitative estimate of drug-likeness (QED) is 0.865. The number of nitrogens with zero attached hydrogens (tertiary/aromatic N) is 2. The number of hydrogen-bond donors (Lipinski definition) is 1. The van der Waals surface area contributed by atoms with Gasteiger partial charge < -0.3 is 5.32 Å². The molecule has 3 nitrogen and oxygen atoms in total. The third-order valence-corrected chi connectivity index (χ3v) is 4.78. The SMILES string of the molecule is CCC(C)C1CN(CCc2cccnc2)C(CC)CN1. The van der Waals surface area contributed by atoms with Gasteiger partial charge in [0.05, 0.1) is 0 Å². The van der Waals surface area contributed by atoms with Crippen molar-refractivity contribution >= 4 is 0 Å². The van der Waals surface area contributed by atoms with E-state index in [1.807, 2.05) is 18.5 Å². The maximum atomic E-state index is 4.21. The first-order valence-electron chi connectivity index (χ1n) is 8.10. The van der Waals surface area contributed by atoms with Gasteiger partial charge >= 0.3 is 0 Å². The van der Waals surface area contributed by atoms with E-state index in [9.17, 15) is 0 Å². The minimum atomic E-state index is 0.650. The van der Waals surface area contributed by atoms with Crippen LogP contribution in [-0.2, 0) is 6.42 Å². The molecule has 1 aliphatic heterocycles. The molecule has 1 aliphatic rings. The molecular formula is C17H29N3. The zero-order valence-corrected chi connectivity index (χ0v) is 13.2. The lowest BCUT2D eigenvalue weighted by atomic mass is 9.94. The Bertz CT molecular complexity index is 379. The molecule has 0 radical (unpaired) electrons. The van der Waals surface area contributed by atoms with Crippen molar-refractivity contribution in [3.63, 3.8) is 0 Å². The Kier molecular flexibility index (Phi) is 5.99. The van der Waals surface area contributed by atoms with Crippen LogP contribution in [-0.4, -0.2) is 41.6 Å². The lowest BCUT2D eigenvalue weighted by Crippen LogP contribution is -2.58. The minimum Gasteiger partial charge on any atom is -0.311 e. The highest BCUT2D eigenvalue weighted by molar-refractivity contribution is 5.09. The third kappa shape index (κ3) is 4.03. The van der Waals surface area contributed by atoms with Crippen LogP contribution in [0.4, 0.5) is 0 Å². The standard InChI is InChI=1S/C17H29N3/c1-4-14(3)17-13-20(16(5-2)12-19-17)10-8-15-7-6-9-18-11-15/h6-7,9,11,14,16-17,19H,4-5,8,10,12-13H2,1-3H3. The molecule has 1 aromatic heterocycles. The largest absolute Gasteiger partial charge is 0.311 e. The summed E-state index contributed by atoms with van der Waals surface area (Å²) in [5.74, 6) is 0.758. The predicted molar refractivity (Wildman–Crippen MR) is 84.8 cm³/mol. The first kappa shape index (κ1) is 15.5. The molecule has 1 aromatic rings. The van der Waals surface area contributed by atoms with Gasteiger partial charge in [-0.3, -0.25) is 9.88 Å². The van der Waals surface area contributed by atoms with Gasteiger partial charge in [-0.25, -0.2) is 0 Å². The number of piperazine rings is 1. The summed E-state index contributed by atoms with van der Waals surface area (Å²) < 4.78 is 0. The Balaban J connectivity index is 1.91. The molecule has 20 heavy (non-hydrogen) atoms. The Morgan fingerprint density at radius 1 is 1.45 bits per heavy atom. The summed E-state index contributed by atoms with van der Waals surface area (Å²) in [5, 5.41) is 3.74. The normalized spacial score (nSPS) is 25.6. The van der Waals surface area contributed by atoms with E-state index < -0.39 is 0 Å². The lowest BCUT2D eigenvalue weighted by Gasteiger charge is -2.42. The highest BCUT2D eigenvalue weighted by atomic mass is 15.2. The molecule has 0 aromatic carbocycles. The summed E-state index contributed by atoms with van der Waals surface area (Å²) in [6, 6.07) is 5.55. The second-order valence-corrected chi connectivity index (χ2v) is 6.07. The molecule has 1 saturated heterocycles. The van der Waals surface area contributed by atoms with Crippen molar-refractivity contribution in [3.8, 4) is 0 Å². The highest BCUT2D eigenvalue weighted by Crippen LogP contribution is 2.17. The van der Waals surface area contributed by atoms with Gasteiger partial charge in [-0.1, -0.05) is 33.3 Å². The molecule has 0 bridgehead atoms. The van der Waals surface area contributed by atoms with Gasteiger partial charge in [0.2, 0.25) is 0 Å². The van der Waals surface area contributed by atoms with E-state index >= 15 is 0 Å². The molecule has 1 fully saturated rings. The minimum absolute atomic E-state index is 0.650. The molecule has 0 amide bonds. The molecule has 0 aliphatic carbocycles. The Hall–Kier alpha value is -0.930. The van der Waals surface area contributed by atoms with Gasteiger partial charge in [0.1, 0.15) is 0 Å². The van der Waals surface area contributed by atoms with Gasteiger partial charge in [0.15, 0.2) is 0 Å². The average molecular weight is 275 g/mol. The zero-order valence-electron chi connectivity index (χ0n) is 13.2. The van der Waals surface area contributed by atoms with E-state index in [1.54, 1.807) is 0 Å². The molecule has 3 heteroatoms. The fourth-order valence-corrected chi connectivity index (χ4v) is 3.04. The van der Waals surface area contributed by atoms with Crippen LogP contribution in [0.3, 0.4) is 0 Å². The summed E-state index contributed by atoms with van der Waals surface area (Å²) in [6.45, 7) is 10.4. The molecule has 0 spiro atoms. The van der Waals surface area contributed by atoms with Crippen LogP contribution in [0, 0.1) is 5.92 Å². The van der Waals surface area contributed by atoms with Crippen LogP contribution >= 0.6 is 0 Å². The maximum Gasteiger partial charge on any atom is 0.0300 e. The summed E-state index contributed by atoms with van der Waals surface area (Å²) in [7, 11) is 0. The van der Waals surface area contributed by atoms with Gasteiger partial charge in [0, 0.05) is 44.1 Å². The molecule has 1 N–H and O–H groups in total.